The summed E-state index contributed by atoms with van der Waals surface area (Å²) in [6, 6.07) is 68.0. The number of benzene rings is 8. The van der Waals surface area contributed by atoms with Crippen molar-refractivity contribution < 1.29 is 18.4 Å². The van der Waals surface area contributed by atoms with Gasteiger partial charge in [0.1, 0.15) is 0 Å². The average Bonchev–Trinajstić information content (AvgIpc) is 4.19. The predicted molar refractivity (Wildman–Crippen MR) is 279 cm³/mol. The van der Waals surface area contributed by atoms with Gasteiger partial charge >= 0.3 is 0 Å². The maximum absolute atomic E-state index is 13.6. The number of hydrogen-bond donors (Lipinski definition) is 2. The lowest BCUT2D eigenvalue weighted by Crippen LogP contribution is -2.28. The lowest BCUT2D eigenvalue weighted by Gasteiger charge is -2.34. The van der Waals surface area contributed by atoms with Crippen LogP contribution in [0.5, 0.6) is 0 Å². The molecule has 0 atom stereocenters. The van der Waals surface area contributed by atoms with Gasteiger partial charge in [-0.2, -0.15) is 0 Å². The maximum atomic E-state index is 13.6. The van der Waals surface area contributed by atoms with Crippen molar-refractivity contribution >= 4 is 35.3 Å². The average molecular weight is 925 g/mol. The van der Waals surface area contributed by atoms with Crippen molar-refractivity contribution in [3.63, 3.8) is 0 Å². The van der Waals surface area contributed by atoms with E-state index in [0.29, 0.717) is 57.2 Å². The Balaban J connectivity index is 0.832. The van der Waals surface area contributed by atoms with E-state index < -0.39 is 5.41 Å². The van der Waals surface area contributed by atoms with Gasteiger partial charge in [0.2, 0.25) is 23.6 Å². The molecule has 342 valence electrons. The molecule has 10 aromatic rings. The molecule has 2 amide bonds. The van der Waals surface area contributed by atoms with Gasteiger partial charge < -0.3 is 19.5 Å². The highest BCUT2D eigenvalue weighted by molar-refractivity contribution is 6.07. The standard InChI is InChI=1S/C61H44N6O4/c1-39(55(68)62-49-21-13-19-45(37-49)59-66-64-57(70-59)43-15-5-3-6-16-43)35-41-27-31-47(32-28-41)61(53-25-11-9-23-51(53)52-24-10-12-26-54(52)61)48-33-29-42(30-34-48)36-40(2)56(69)63-50-22-14-20-46(38-50)60-67-65-58(71-60)44-17-7-4-8-18-44/h3-38H,1-2H3,(H,62,68)(H,63,69)/b39-35+,40-36+. The fraction of sp³-hybridized carbons (Fsp3) is 0.0492. The third kappa shape index (κ3) is 8.66. The molecule has 10 heteroatoms. The molecule has 2 heterocycles. The molecular formula is C61H44N6O4. The first-order chi connectivity index (χ1) is 34.8. The van der Waals surface area contributed by atoms with Crippen molar-refractivity contribution in [2.45, 2.75) is 19.3 Å². The summed E-state index contributed by atoms with van der Waals surface area (Å²) in [6.07, 6.45) is 3.78. The van der Waals surface area contributed by atoms with E-state index in [4.69, 9.17) is 8.83 Å². The molecule has 0 bridgehead atoms. The van der Waals surface area contributed by atoms with Crippen molar-refractivity contribution in [2.24, 2.45) is 0 Å². The fourth-order valence-electron chi connectivity index (χ4n) is 9.31. The van der Waals surface area contributed by atoms with Crippen LogP contribution in [0.2, 0.25) is 0 Å². The normalized spacial score (nSPS) is 12.8. The number of amides is 2. The van der Waals surface area contributed by atoms with Crippen molar-refractivity contribution in [1.82, 2.24) is 20.4 Å². The first-order valence-electron chi connectivity index (χ1n) is 23.2. The summed E-state index contributed by atoms with van der Waals surface area (Å²) >= 11 is 0. The van der Waals surface area contributed by atoms with E-state index in [-0.39, 0.29) is 11.8 Å². The summed E-state index contributed by atoms with van der Waals surface area (Å²) in [7, 11) is 0. The Kier molecular flexibility index (Phi) is 11.7. The molecule has 2 N–H and O–H groups in total. The number of aromatic nitrogens is 4. The minimum absolute atomic E-state index is 0.230. The number of fused-ring (bicyclic) bond motifs is 3. The smallest absolute Gasteiger partial charge is 0.251 e. The predicted octanol–water partition coefficient (Wildman–Crippen LogP) is 13.6. The molecule has 0 aliphatic heterocycles. The summed E-state index contributed by atoms with van der Waals surface area (Å²) in [4.78, 5) is 27.2. The summed E-state index contributed by atoms with van der Waals surface area (Å²) in [6.45, 7) is 3.61. The Morgan fingerprint density at radius 1 is 0.408 bits per heavy atom. The van der Waals surface area contributed by atoms with Gasteiger partial charge in [0.25, 0.3) is 11.8 Å². The zero-order chi connectivity index (χ0) is 48.3. The molecule has 0 unspecified atom stereocenters. The second kappa shape index (κ2) is 18.9. The number of carbonyl (C=O) groups excluding carboxylic acids is 2. The van der Waals surface area contributed by atoms with Crippen LogP contribution in [0.1, 0.15) is 47.2 Å². The number of anilines is 2. The van der Waals surface area contributed by atoms with Crippen LogP contribution in [-0.2, 0) is 15.0 Å². The van der Waals surface area contributed by atoms with Crippen molar-refractivity contribution in [2.75, 3.05) is 10.6 Å². The molecule has 10 nitrogen and oxygen atoms in total. The SMILES string of the molecule is C/C(=C\c1ccc(C2(c3ccc(/C=C(\C)C(=O)Nc4cccc(-c5nnc(-c6ccccc6)o5)c4)cc3)c3ccccc3-c3ccccc32)cc1)C(=O)Nc1cccc(-c2nnc(-c3ccccc3)o2)c1. The zero-order valence-corrected chi connectivity index (χ0v) is 38.7. The summed E-state index contributed by atoms with van der Waals surface area (Å²) < 4.78 is 11.9. The van der Waals surface area contributed by atoms with Gasteiger partial charge in [-0.05, 0) is 131 Å². The van der Waals surface area contributed by atoms with Crippen LogP contribution in [0.4, 0.5) is 11.4 Å². The fourth-order valence-corrected chi connectivity index (χ4v) is 9.31. The van der Waals surface area contributed by atoms with Gasteiger partial charge in [0, 0.05) is 44.8 Å². The summed E-state index contributed by atoms with van der Waals surface area (Å²) in [5.74, 6) is 1.11. The van der Waals surface area contributed by atoms with Crippen LogP contribution in [0.15, 0.2) is 226 Å². The summed E-state index contributed by atoms with van der Waals surface area (Å²) in [5.41, 5.74) is 13.4. The van der Waals surface area contributed by atoms with E-state index in [2.05, 4.69) is 128 Å². The molecule has 0 saturated carbocycles. The van der Waals surface area contributed by atoms with Crippen LogP contribution in [0, 0.1) is 0 Å². The van der Waals surface area contributed by atoms with E-state index in [1.165, 1.54) is 22.3 Å². The molecule has 1 aliphatic rings. The van der Waals surface area contributed by atoms with Gasteiger partial charge in [-0.15, -0.1) is 20.4 Å². The molecule has 8 aromatic carbocycles. The molecule has 11 rings (SSSR count). The quantitative estimate of drug-likeness (QED) is 0.116. The second-order valence-electron chi connectivity index (χ2n) is 17.4. The highest BCUT2D eigenvalue weighted by Gasteiger charge is 2.45. The Labute approximate surface area is 410 Å². The van der Waals surface area contributed by atoms with Crippen molar-refractivity contribution in [1.29, 1.82) is 0 Å². The Hall–Kier alpha value is -9.54. The van der Waals surface area contributed by atoms with E-state index >= 15 is 0 Å². The Morgan fingerprint density at radius 2 is 0.761 bits per heavy atom. The Morgan fingerprint density at radius 3 is 1.17 bits per heavy atom. The highest BCUT2D eigenvalue weighted by Crippen LogP contribution is 2.56. The van der Waals surface area contributed by atoms with Gasteiger partial charge in [-0.25, -0.2) is 0 Å². The largest absolute Gasteiger partial charge is 0.416 e. The number of hydrogen-bond acceptors (Lipinski definition) is 8. The molecule has 1 aliphatic carbocycles. The number of nitrogens with zero attached hydrogens (tertiary/aromatic N) is 4. The number of rotatable bonds is 12. The molecule has 0 saturated heterocycles. The minimum Gasteiger partial charge on any atom is -0.416 e. The lowest BCUT2D eigenvalue weighted by atomic mass is 9.67. The van der Waals surface area contributed by atoms with Gasteiger partial charge in [0.15, 0.2) is 0 Å². The summed E-state index contributed by atoms with van der Waals surface area (Å²) in [5, 5.41) is 23.0. The first-order valence-corrected chi connectivity index (χ1v) is 23.2. The van der Waals surface area contributed by atoms with Crippen LogP contribution >= 0.6 is 0 Å². The molecular weight excluding hydrogens is 881 g/mol. The van der Waals surface area contributed by atoms with E-state index in [9.17, 15) is 9.59 Å². The monoisotopic (exact) mass is 924 g/mol. The highest BCUT2D eigenvalue weighted by atomic mass is 16.4. The van der Waals surface area contributed by atoms with Crippen LogP contribution < -0.4 is 10.6 Å². The molecule has 0 spiro atoms. The molecule has 2 aromatic heterocycles. The molecule has 71 heavy (non-hydrogen) atoms. The third-order valence-corrected chi connectivity index (χ3v) is 12.7. The van der Waals surface area contributed by atoms with Crippen molar-refractivity contribution in [3.05, 3.63) is 251 Å². The first kappa shape index (κ1) is 44.0. The number of carbonyl (C=O) groups is 2. The van der Waals surface area contributed by atoms with Crippen molar-refractivity contribution in [3.8, 4) is 56.9 Å². The molecule has 0 radical (unpaired) electrons. The Bertz CT molecular complexity index is 3410. The second-order valence-corrected chi connectivity index (χ2v) is 17.4. The van der Waals surface area contributed by atoms with E-state index in [1.54, 1.807) is 13.8 Å². The molecule has 0 fully saturated rings. The van der Waals surface area contributed by atoms with E-state index in [1.807, 2.05) is 121 Å². The van der Waals surface area contributed by atoms with Crippen LogP contribution in [-0.4, -0.2) is 32.2 Å². The van der Waals surface area contributed by atoms with Crippen LogP contribution in [0.3, 0.4) is 0 Å². The van der Waals surface area contributed by atoms with E-state index in [0.717, 1.165) is 33.4 Å². The lowest BCUT2D eigenvalue weighted by molar-refractivity contribution is -0.113. The van der Waals surface area contributed by atoms with Gasteiger partial charge in [-0.1, -0.05) is 146 Å². The topological polar surface area (TPSA) is 136 Å². The van der Waals surface area contributed by atoms with Gasteiger partial charge in [0.05, 0.1) is 5.41 Å². The van der Waals surface area contributed by atoms with Crippen LogP contribution in [0.25, 0.3) is 69.1 Å². The minimum atomic E-state index is -0.646. The van der Waals surface area contributed by atoms with Gasteiger partial charge in [-0.3, -0.25) is 9.59 Å². The maximum Gasteiger partial charge on any atom is 0.251 e. The zero-order valence-electron chi connectivity index (χ0n) is 38.7. The number of nitrogens with one attached hydrogen (secondary N) is 2. The third-order valence-electron chi connectivity index (χ3n) is 12.7.